The maximum absolute atomic E-state index is 11.5. The zero-order valence-electron chi connectivity index (χ0n) is 13.0. The van der Waals surface area contributed by atoms with Gasteiger partial charge in [0.25, 0.3) is 0 Å². The number of carboxylic acids is 1. The van der Waals surface area contributed by atoms with Gasteiger partial charge in [-0.25, -0.2) is 0 Å². The van der Waals surface area contributed by atoms with E-state index in [9.17, 15) is 9.59 Å². The van der Waals surface area contributed by atoms with Gasteiger partial charge in [0, 0.05) is 12.8 Å². The standard InChI is InChI=1S/C15H28O7/c16-9-15(10-17,11-18)12-22-14(21)8-6-4-2-1-3-5-7-13(19)20/h16-18H,1-12H2,(H,19,20). The number of aliphatic hydroxyl groups is 3. The minimum atomic E-state index is -1.18. The fourth-order valence-corrected chi connectivity index (χ4v) is 1.85. The Kier molecular flexibility index (Phi) is 11.7. The van der Waals surface area contributed by atoms with Gasteiger partial charge in [-0.3, -0.25) is 9.59 Å². The quantitative estimate of drug-likeness (QED) is 0.274. The van der Waals surface area contributed by atoms with E-state index in [1.807, 2.05) is 0 Å². The number of ether oxygens (including phenoxy) is 1. The Morgan fingerprint density at radius 1 is 0.773 bits per heavy atom. The van der Waals surface area contributed by atoms with Crippen molar-refractivity contribution >= 4 is 11.9 Å². The molecule has 0 saturated heterocycles. The fourth-order valence-electron chi connectivity index (χ4n) is 1.85. The van der Waals surface area contributed by atoms with Crippen molar-refractivity contribution in [3.63, 3.8) is 0 Å². The number of aliphatic hydroxyl groups excluding tert-OH is 3. The second-order valence-corrected chi connectivity index (χ2v) is 5.65. The molecule has 0 heterocycles. The monoisotopic (exact) mass is 320 g/mol. The molecule has 0 amide bonds. The molecule has 0 rings (SSSR count). The topological polar surface area (TPSA) is 124 Å². The molecule has 0 spiro atoms. The van der Waals surface area contributed by atoms with E-state index in [-0.39, 0.29) is 19.4 Å². The Hall–Kier alpha value is -1.18. The van der Waals surface area contributed by atoms with E-state index in [2.05, 4.69) is 0 Å². The molecule has 7 heteroatoms. The van der Waals surface area contributed by atoms with Crippen molar-refractivity contribution in [3.05, 3.63) is 0 Å². The lowest BCUT2D eigenvalue weighted by atomic mass is 9.93. The maximum Gasteiger partial charge on any atom is 0.305 e. The Morgan fingerprint density at radius 2 is 1.23 bits per heavy atom. The van der Waals surface area contributed by atoms with Crippen molar-refractivity contribution in [2.75, 3.05) is 26.4 Å². The van der Waals surface area contributed by atoms with E-state index >= 15 is 0 Å². The van der Waals surface area contributed by atoms with Crippen LogP contribution in [0.15, 0.2) is 0 Å². The minimum absolute atomic E-state index is 0.203. The van der Waals surface area contributed by atoms with Crippen LogP contribution in [-0.4, -0.2) is 58.8 Å². The van der Waals surface area contributed by atoms with Crippen molar-refractivity contribution < 1.29 is 34.8 Å². The summed E-state index contributed by atoms with van der Waals surface area (Å²) in [5, 5.41) is 35.8. The van der Waals surface area contributed by atoms with Crippen LogP contribution in [0.4, 0.5) is 0 Å². The predicted octanol–water partition coefficient (Wildman–Crippen LogP) is 0.698. The molecule has 0 radical (unpaired) electrons. The van der Waals surface area contributed by atoms with Gasteiger partial charge in [-0.1, -0.05) is 25.7 Å². The number of esters is 1. The van der Waals surface area contributed by atoms with Crippen molar-refractivity contribution in [2.24, 2.45) is 5.41 Å². The number of hydrogen-bond donors (Lipinski definition) is 4. The Morgan fingerprint density at radius 3 is 1.68 bits per heavy atom. The minimum Gasteiger partial charge on any atom is -0.481 e. The Labute approximate surface area is 130 Å². The highest BCUT2D eigenvalue weighted by molar-refractivity contribution is 5.69. The summed E-state index contributed by atoms with van der Waals surface area (Å²) in [6, 6.07) is 0. The van der Waals surface area contributed by atoms with Gasteiger partial charge in [0.1, 0.15) is 6.61 Å². The van der Waals surface area contributed by atoms with E-state index in [0.717, 1.165) is 25.7 Å². The van der Waals surface area contributed by atoms with Gasteiger partial charge < -0.3 is 25.2 Å². The van der Waals surface area contributed by atoms with Gasteiger partial charge in [0.05, 0.1) is 25.2 Å². The smallest absolute Gasteiger partial charge is 0.305 e. The largest absolute Gasteiger partial charge is 0.481 e. The molecule has 0 bridgehead atoms. The molecule has 0 aliphatic heterocycles. The molecule has 0 saturated carbocycles. The van der Waals surface area contributed by atoms with Crippen LogP contribution < -0.4 is 0 Å². The molecule has 0 aliphatic rings. The van der Waals surface area contributed by atoms with Crippen LogP contribution in [0.2, 0.25) is 0 Å². The summed E-state index contributed by atoms with van der Waals surface area (Å²) in [5.74, 6) is -1.18. The van der Waals surface area contributed by atoms with Crippen LogP contribution in [0, 0.1) is 5.41 Å². The molecule has 4 N–H and O–H groups in total. The van der Waals surface area contributed by atoms with Crippen molar-refractivity contribution in [1.82, 2.24) is 0 Å². The normalized spacial score (nSPS) is 11.4. The summed E-state index contributed by atoms with van der Waals surface area (Å²) in [6.45, 7) is -1.57. The van der Waals surface area contributed by atoms with Gasteiger partial charge in [-0.05, 0) is 12.8 Å². The van der Waals surface area contributed by atoms with E-state index < -0.39 is 37.2 Å². The molecule has 0 aromatic heterocycles. The zero-order chi connectivity index (χ0) is 16.8. The predicted molar refractivity (Wildman–Crippen MR) is 79.2 cm³/mol. The zero-order valence-corrected chi connectivity index (χ0v) is 13.0. The first-order valence-electron chi connectivity index (χ1n) is 7.69. The SMILES string of the molecule is O=C(O)CCCCCCCCC(=O)OCC(CO)(CO)CO. The molecule has 0 atom stereocenters. The summed E-state index contributed by atoms with van der Waals surface area (Å²) in [4.78, 5) is 21.8. The molecule has 130 valence electrons. The molecular formula is C15H28O7. The number of carbonyl (C=O) groups is 2. The lowest BCUT2D eigenvalue weighted by Gasteiger charge is -2.26. The number of aliphatic carboxylic acids is 1. The summed E-state index contributed by atoms with van der Waals surface area (Å²) in [5.41, 5.74) is -1.18. The summed E-state index contributed by atoms with van der Waals surface area (Å²) < 4.78 is 4.97. The molecule has 0 aromatic carbocycles. The Balaban J connectivity index is 3.60. The van der Waals surface area contributed by atoms with Crippen LogP contribution in [0.1, 0.15) is 51.4 Å². The molecule has 0 unspecified atom stereocenters. The van der Waals surface area contributed by atoms with E-state index in [4.69, 9.17) is 25.2 Å². The first-order chi connectivity index (χ1) is 10.5. The van der Waals surface area contributed by atoms with Gasteiger partial charge in [0.2, 0.25) is 0 Å². The van der Waals surface area contributed by atoms with Gasteiger partial charge in [-0.2, -0.15) is 0 Å². The average Bonchev–Trinajstić information content (AvgIpc) is 2.51. The molecule has 7 nitrogen and oxygen atoms in total. The highest BCUT2D eigenvalue weighted by Crippen LogP contribution is 2.16. The third-order valence-electron chi connectivity index (χ3n) is 3.57. The second kappa shape index (κ2) is 12.4. The lowest BCUT2D eigenvalue weighted by Crippen LogP contribution is -2.39. The summed E-state index contributed by atoms with van der Waals surface area (Å²) >= 11 is 0. The lowest BCUT2D eigenvalue weighted by molar-refractivity contribution is -0.151. The Bertz CT molecular complexity index is 305. The third kappa shape index (κ3) is 9.70. The van der Waals surface area contributed by atoms with Gasteiger partial charge in [-0.15, -0.1) is 0 Å². The van der Waals surface area contributed by atoms with Crippen molar-refractivity contribution in [3.8, 4) is 0 Å². The summed E-state index contributed by atoms with van der Waals surface area (Å²) in [6.07, 6.45) is 5.47. The average molecular weight is 320 g/mol. The molecule has 0 fully saturated rings. The van der Waals surface area contributed by atoms with Crippen LogP contribution in [0.3, 0.4) is 0 Å². The number of unbranched alkanes of at least 4 members (excludes halogenated alkanes) is 5. The molecule has 0 aromatic rings. The van der Waals surface area contributed by atoms with Crippen LogP contribution in [0.5, 0.6) is 0 Å². The molecular weight excluding hydrogens is 292 g/mol. The number of hydrogen-bond acceptors (Lipinski definition) is 6. The fraction of sp³-hybridized carbons (Fsp3) is 0.867. The van der Waals surface area contributed by atoms with Crippen LogP contribution in [-0.2, 0) is 14.3 Å². The number of carboxylic acid groups (broad SMARTS) is 1. The first kappa shape index (κ1) is 20.8. The first-order valence-corrected chi connectivity index (χ1v) is 7.69. The number of carbonyl (C=O) groups excluding carboxylic acids is 1. The molecule has 0 aliphatic carbocycles. The highest BCUT2D eigenvalue weighted by Gasteiger charge is 2.29. The van der Waals surface area contributed by atoms with E-state index in [1.54, 1.807) is 0 Å². The van der Waals surface area contributed by atoms with Crippen LogP contribution >= 0.6 is 0 Å². The van der Waals surface area contributed by atoms with Gasteiger partial charge in [0.15, 0.2) is 0 Å². The summed E-state index contributed by atoms with van der Waals surface area (Å²) in [7, 11) is 0. The third-order valence-corrected chi connectivity index (χ3v) is 3.57. The highest BCUT2D eigenvalue weighted by atomic mass is 16.5. The maximum atomic E-state index is 11.5. The van der Waals surface area contributed by atoms with Gasteiger partial charge >= 0.3 is 11.9 Å². The van der Waals surface area contributed by atoms with Crippen molar-refractivity contribution in [2.45, 2.75) is 51.4 Å². The van der Waals surface area contributed by atoms with Crippen molar-refractivity contribution in [1.29, 1.82) is 0 Å². The molecule has 22 heavy (non-hydrogen) atoms. The van der Waals surface area contributed by atoms with E-state index in [1.165, 1.54) is 0 Å². The van der Waals surface area contributed by atoms with E-state index in [0.29, 0.717) is 12.8 Å². The van der Waals surface area contributed by atoms with Crippen LogP contribution in [0.25, 0.3) is 0 Å². The number of rotatable bonds is 14. The second-order valence-electron chi connectivity index (χ2n) is 5.65.